The molecule has 0 aliphatic heterocycles. The summed E-state index contributed by atoms with van der Waals surface area (Å²) in [5.41, 5.74) is 1.47. The maximum absolute atomic E-state index is 10.4. The van der Waals surface area contributed by atoms with Gasteiger partial charge < -0.3 is 9.84 Å². The average molecular weight is 311 g/mol. The van der Waals surface area contributed by atoms with Crippen molar-refractivity contribution in [2.75, 3.05) is 0 Å². The standard InChI is InChI=1S/C19H15ClO2/c20-18-9-5-4-8-17(18)19(21)14-10-12-16(13-11-14)22-15-6-2-1-3-7-15/h1-13,19,21H. The Labute approximate surface area is 134 Å². The largest absolute Gasteiger partial charge is 0.457 e. The van der Waals surface area contributed by atoms with E-state index in [9.17, 15) is 5.11 Å². The lowest BCUT2D eigenvalue weighted by atomic mass is 10.0. The van der Waals surface area contributed by atoms with Crippen LogP contribution in [0.15, 0.2) is 78.9 Å². The van der Waals surface area contributed by atoms with E-state index in [2.05, 4.69) is 0 Å². The smallest absolute Gasteiger partial charge is 0.127 e. The Kier molecular flexibility index (Phi) is 4.42. The summed E-state index contributed by atoms with van der Waals surface area (Å²) in [6.45, 7) is 0. The van der Waals surface area contributed by atoms with Gasteiger partial charge in [0.15, 0.2) is 0 Å². The van der Waals surface area contributed by atoms with Gasteiger partial charge in [-0.2, -0.15) is 0 Å². The van der Waals surface area contributed by atoms with Gasteiger partial charge in [-0.15, -0.1) is 0 Å². The summed E-state index contributed by atoms with van der Waals surface area (Å²) in [5.74, 6) is 1.50. The maximum atomic E-state index is 10.4. The van der Waals surface area contributed by atoms with Crippen LogP contribution in [0.1, 0.15) is 17.2 Å². The maximum Gasteiger partial charge on any atom is 0.127 e. The normalized spacial score (nSPS) is 11.9. The highest BCUT2D eigenvalue weighted by Crippen LogP contribution is 2.29. The molecule has 22 heavy (non-hydrogen) atoms. The third-order valence-electron chi connectivity index (χ3n) is 3.37. The summed E-state index contributed by atoms with van der Waals surface area (Å²) in [7, 11) is 0. The fourth-order valence-corrected chi connectivity index (χ4v) is 2.46. The molecule has 3 heteroatoms. The van der Waals surface area contributed by atoms with Gasteiger partial charge in [0.2, 0.25) is 0 Å². The van der Waals surface area contributed by atoms with Crippen molar-refractivity contribution in [2.24, 2.45) is 0 Å². The topological polar surface area (TPSA) is 29.5 Å². The van der Waals surface area contributed by atoms with E-state index < -0.39 is 6.10 Å². The number of benzene rings is 3. The molecule has 0 saturated carbocycles. The second-order valence-electron chi connectivity index (χ2n) is 4.91. The molecule has 0 spiro atoms. The molecular weight excluding hydrogens is 296 g/mol. The van der Waals surface area contributed by atoms with Crippen LogP contribution in [0.3, 0.4) is 0 Å². The zero-order chi connectivity index (χ0) is 15.4. The molecule has 0 bridgehead atoms. The van der Waals surface area contributed by atoms with Crippen molar-refractivity contribution in [2.45, 2.75) is 6.10 Å². The van der Waals surface area contributed by atoms with Crippen molar-refractivity contribution in [3.05, 3.63) is 95.0 Å². The van der Waals surface area contributed by atoms with Gasteiger partial charge in [0.25, 0.3) is 0 Å². The average Bonchev–Trinajstić information content (AvgIpc) is 2.56. The Morgan fingerprint density at radius 2 is 1.32 bits per heavy atom. The fourth-order valence-electron chi connectivity index (χ4n) is 2.22. The molecule has 0 radical (unpaired) electrons. The first-order valence-corrected chi connectivity index (χ1v) is 7.37. The molecule has 0 aliphatic rings. The first-order chi connectivity index (χ1) is 10.7. The number of rotatable bonds is 4. The van der Waals surface area contributed by atoms with E-state index in [1.54, 1.807) is 6.07 Å². The summed E-state index contributed by atoms with van der Waals surface area (Å²) in [4.78, 5) is 0. The van der Waals surface area contributed by atoms with Crippen LogP contribution in [0.5, 0.6) is 11.5 Å². The number of hydrogen-bond acceptors (Lipinski definition) is 2. The Morgan fingerprint density at radius 1 is 0.727 bits per heavy atom. The number of aliphatic hydroxyl groups excluding tert-OH is 1. The molecule has 0 fully saturated rings. The molecule has 110 valence electrons. The highest BCUT2D eigenvalue weighted by Gasteiger charge is 2.13. The molecule has 3 aromatic carbocycles. The van der Waals surface area contributed by atoms with Gasteiger partial charge >= 0.3 is 0 Å². The molecule has 3 aromatic rings. The number of ether oxygens (including phenoxy) is 1. The number of hydrogen-bond donors (Lipinski definition) is 1. The third kappa shape index (κ3) is 3.30. The predicted molar refractivity (Wildman–Crippen MR) is 88.5 cm³/mol. The number of aliphatic hydroxyl groups is 1. The molecule has 3 rings (SSSR count). The quantitative estimate of drug-likeness (QED) is 0.716. The number of halogens is 1. The minimum absolute atomic E-state index is 0.555. The van der Waals surface area contributed by atoms with Gasteiger partial charge in [0.1, 0.15) is 17.6 Å². The fraction of sp³-hybridized carbons (Fsp3) is 0.0526. The van der Waals surface area contributed by atoms with E-state index in [0.29, 0.717) is 10.6 Å². The van der Waals surface area contributed by atoms with Crippen LogP contribution in [-0.4, -0.2) is 5.11 Å². The van der Waals surface area contributed by atoms with Gasteiger partial charge in [-0.25, -0.2) is 0 Å². The lowest BCUT2D eigenvalue weighted by Gasteiger charge is -2.14. The number of para-hydroxylation sites is 1. The summed E-state index contributed by atoms with van der Waals surface area (Å²) in [5, 5.41) is 11.0. The van der Waals surface area contributed by atoms with Crippen LogP contribution in [0.4, 0.5) is 0 Å². The monoisotopic (exact) mass is 310 g/mol. The highest BCUT2D eigenvalue weighted by atomic mass is 35.5. The van der Waals surface area contributed by atoms with Crippen LogP contribution < -0.4 is 4.74 Å². The lowest BCUT2D eigenvalue weighted by molar-refractivity contribution is 0.220. The minimum atomic E-state index is -0.750. The highest BCUT2D eigenvalue weighted by molar-refractivity contribution is 6.31. The van der Waals surface area contributed by atoms with Gasteiger partial charge in [-0.05, 0) is 35.9 Å². The van der Waals surface area contributed by atoms with Crippen molar-refractivity contribution in [3.63, 3.8) is 0 Å². The molecule has 1 N–H and O–H groups in total. The molecule has 0 saturated heterocycles. The third-order valence-corrected chi connectivity index (χ3v) is 3.72. The second-order valence-corrected chi connectivity index (χ2v) is 5.32. The SMILES string of the molecule is OC(c1ccc(Oc2ccccc2)cc1)c1ccccc1Cl. The van der Waals surface area contributed by atoms with Crippen LogP contribution in [0.2, 0.25) is 5.02 Å². The Hall–Kier alpha value is -2.29. The first kappa shape index (κ1) is 14.6. The molecule has 2 nitrogen and oxygen atoms in total. The molecule has 0 aromatic heterocycles. The van der Waals surface area contributed by atoms with E-state index in [1.165, 1.54) is 0 Å². The zero-order valence-corrected chi connectivity index (χ0v) is 12.6. The molecule has 0 heterocycles. The van der Waals surface area contributed by atoms with Crippen molar-refractivity contribution in [1.82, 2.24) is 0 Å². The Bertz CT molecular complexity index is 739. The van der Waals surface area contributed by atoms with Crippen LogP contribution in [0.25, 0.3) is 0 Å². The summed E-state index contributed by atoms with van der Waals surface area (Å²) < 4.78 is 5.73. The molecular formula is C19H15ClO2. The lowest BCUT2D eigenvalue weighted by Crippen LogP contribution is -2.00. The first-order valence-electron chi connectivity index (χ1n) is 6.99. The molecule has 0 amide bonds. The van der Waals surface area contributed by atoms with E-state index in [-0.39, 0.29) is 0 Å². The molecule has 1 atom stereocenters. The van der Waals surface area contributed by atoms with Crippen molar-refractivity contribution in [1.29, 1.82) is 0 Å². The second kappa shape index (κ2) is 6.65. The van der Waals surface area contributed by atoms with Gasteiger partial charge in [-0.3, -0.25) is 0 Å². The van der Waals surface area contributed by atoms with Crippen molar-refractivity contribution < 1.29 is 9.84 Å². The zero-order valence-electron chi connectivity index (χ0n) is 11.8. The van der Waals surface area contributed by atoms with Crippen LogP contribution in [-0.2, 0) is 0 Å². The predicted octanol–water partition coefficient (Wildman–Crippen LogP) is 5.21. The van der Waals surface area contributed by atoms with E-state index in [0.717, 1.165) is 17.1 Å². The van der Waals surface area contributed by atoms with E-state index in [1.807, 2.05) is 72.8 Å². The summed E-state index contributed by atoms with van der Waals surface area (Å²) in [6.07, 6.45) is -0.750. The molecule has 0 aliphatic carbocycles. The van der Waals surface area contributed by atoms with Crippen LogP contribution >= 0.6 is 11.6 Å². The van der Waals surface area contributed by atoms with Gasteiger partial charge in [-0.1, -0.05) is 60.1 Å². The van der Waals surface area contributed by atoms with Crippen molar-refractivity contribution in [3.8, 4) is 11.5 Å². The van der Waals surface area contributed by atoms with E-state index >= 15 is 0 Å². The van der Waals surface area contributed by atoms with Gasteiger partial charge in [0.05, 0.1) is 0 Å². The van der Waals surface area contributed by atoms with Crippen molar-refractivity contribution >= 4 is 11.6 Å². The molecule has 1 unspecified atom stereocenters. The minimum Gasteiger partial charge on any atom is -0.457 e. The van der Waals surface area contributed by atoms with Crippen LogP contribution in [0, 0.1) is 0 Å². The summed E-state index contributed by atoms with van der Waals surface area (Å²) >= 11 is 6.12. The Balaban J connectivity index is 1.78. The summed E-state index contributed by atoms with van der Waals surface area (Å²) in [6, 6.07) is 24.2. The van der Waals surface area contributed by atoms with Gasteiger partial charge in [0, 0.05) is 10.6 Å². The van der Waals surface area contributed by atoms with E-state index in [4.69, 9.17) is 16.3 Å². The Morgan fingerprint density at radius 3 is 2.00 bits per heavy atom.